The standard InChI is InChI=1S/C51H36N2.3C2H6/c1-51(2)45-31-37(52(47-23-11-17-33-13-5-7-19-39(33)47)48-24-12-18-34-14-6-8-20-40(34)48)25-27-41(45)42-28-26-38(32-46(42)51)53-49-22-10-9-21-43(49)44-29-35-15-3-4-16-36(35)30-50(44)53;3*1-2/h3-32H,1-2H3;3*1-2H3. The lowest BCUT2D eigenvalue weighted by atomic mass is 9.82. The van der Waals surface area contributed by atoms with Gasteiger partial charge in [0.25, 0.3) is 0 Å². The molecule has 10 aromatic rings. The van der Waals surface area contributed by atoms with Gasteiger partial charge in [0, 0.05) is 38.3 Å². The molecule has 1 aromatic heterocycles. The van der Waals surface area contributed by atoms with Crippen molar-refractivity contribution >= 4 is 71.2 Å². The fraction of sp³-hybridized carbons (Fsp3) is 0.158. The minimum Gasteiger partial charge on any atom is -0.309 e. The van der Waals surface area contributed by atoms with Crippen LogP contribution in [0.15, 0.2) is 182 Å². The highest BCUT2D eigenvalue weighted by molar-refractivity contribution is 6.14. The number of fused-ring (bicyclic) bond motifs is 9. The van der Waals surface area contributed by atoms with E-state index in [0.29, 0.717) is 0 Å². The first-order valence-corrected chi connectivity index (χ1v) is 21.5. The summed E-state index contributed by atoms with van der Waals surface area (Å²) in [7, 11) is 0. The molecule has 0 fully saturated rings. The summed E-state index contributed by atoms with van der Waals surface area (Å²) in [6, 6.07) is 67.2. The Morgan fingerprint density at radius 1 is 0.373 bits per heavy atom. The van der Waals surface area contributed by atoms with Crippen LogP contribution in [0.2, 0.25) is 0 Å². The molecular formula is C57H54N2. The summed E-state index contributed by atoms with van der Waals surface area (Å²) in [6.45, 7) is 16.8. The van der Waals surface area contributed by atoms with Gasteiger partial charge < -0.3 is 9.47 Å². The van der Waals surface area contributed by atoms with Gasteiger partial charge in [-0.05, 0) is 98.4 Å². The molecule has 0 aliphatic heterocycles. The second-order valence-corrected chi connectivity index (χ2v) is 15.0. The van der Waals surface area contributed by atoms with Gasteiger partial charge in [-0.25, -0.2) is 0 Å². The number of anilines is 3. The summed E-state index contributed by atoms with van der Waals surface area (Å²) in [5.74, 6) is 0. The van der Waals surface area contributed by atoms with E-state index in [4.69, 9.17) is 0 Å². The van der Waals surface area contributed by atoms with E-state index in [9.17, 15) is 0 Å². The van der Waals surface area contributed by atoms with Crippen molar-refractivity contribution in [3.05, 3.63) is 193 Å². The summed E-state index contributed by atoms with van der Waals surface area (Å²) in [6.07, 6.45) is 0. The molecule has 1 heterocycles. The van der Waals surface area contributed by atoms with Crippen LogP contribution in [0.1, 0.15) is 66.5 Å². The van der Waals surface area contributed by atoms with Gasteiger partial charge in [-0.15, -0.1) is 0 Å². The van der Waals surface area contributed by atoms with E-state index in [0.717, 1.165) is 5.69 Å². The van der Waals surface area contributed by atoms with Crippen molar-refractivity contribution in [2.24, 2.45) is 0 Å². The fourth-order valence-electron chi connectivity index (χ4n) is 9.14. The number of rotatable bonds is 4. The molecule has 1 aliphatic carbocycles. The van der Waals surface area contributed by atoms with Crippen molar-refractivity contribution in [3.8, 4) is 16.8 Å². The van der Waals surface area contributed by atoms with Crippen LogP contribution < -0.4 is 4.90 Å². The first-order chi connectivity index (χ1) is 29.0. The Morgan fingerprint density at radius 2 is 0.847 bits per heavy atom. The highest BCUT2D eigenvalue weighted by Crippen LogP contribution is 2.52. The molecule has 0 N–H and O–H groups in total. The molecule has 0 unspecified atom stereocenters. The van der Waals surface area contributed by atoms with Crippen LogP contribution in [0.4, 0.5) is 17.1 Å². The van der Waals surface area contributed by atoms with Crippen LogP contribution in [0, 0.1) is 0 Å². The Balaban J connectivity index is 0.000000774. The number of aromatic nitrogens is 1. The van der Waals surface area contributed by atoms with Crippen molar-refractivity contribution in [2.45, 2.75) is 60.8 Å². The third kappa shape index (κ3) is 6.44. The lowest BCUT2D eigenvalue weighted by Gasteiger charge is -2.30. The Hall–Kier alpha value is -6.64. The molecule has 0 amide bonds. The number of para-hydroxylation sites is 1. The molecule has 2 nitrogen and oxygen atoms in total. The molecular weight excluding hydrogens is 713 g/mol. The zero-order chi connectivity index (χ0) is 41.3. The molecule has 59 heavy (non-hydrogen) atoms. The van der Waals surface area contributed by atoms with Crippen LogP contribution in [-0.2, 0) is 5.41 Å². The first kappa shape index (κ1) is 39.2. The van der Waals surface area contributed by atoms with Crippen molar-refractivity contribution in [2.75, 3.05) is 4.90 Å². The van der Waals surface area contributed by atoms with E-state index in [-0.39, 0.29) is 5.41 Å². The van der Waals surface area contributed by atoms with Crippen LogP contribution >= 0.6 is 0 Å². The molecule has 2 heteroatoms. The predicted octanol–water partition coefficient (Wildman–Crippen LogP) is 17.1. The van der Waals surface area contributed by atoms with E-state index in [1.807, 2.05) is 41.5 Å². The minimum atomic E-state index is -0.217. The van der Waals surface area contributed by atoms with Crippen LogP contribution in [-0.4, -0.2) is 4.57 Å². The van der Waals surface area contributed by atoms with Crippen LogP contribution in [0.5, 0.6) is 0 Å². The molecule has 9 aromatic carbocycles. The summed E-state index contributed by atoms with van der Waals surface area (Å²) in [4.78, 5) is 2.47. The van der Waals surface area contributed by atoms with Gasteiger partial charge in [0.05, 0.1) is 22.4 Å². The maximum Gasteiger partial charge on any atom is 0.0547 e. The zero-order valence-electron chi connectivity index (χ0n) is 35.7. The summed E-state index contributed by atoms with van der Waals surface area (Å²) in [5, 5.41) is 10.0. The fourth-order valence-corrected chi connectivity index (χ4v) is 9.14. The van der Waals surface area contributed by atoms with Gasteiger partial charge in [0.2, 0.25) is 0 Å². The van der Waals surface area contributed by atoms with Crippen molar-refractivity contribution in [3.63, 3.8) is 0 Å². The second-order valence-electron chi connectivity index (χ2n) is 15.0. The van der Waals surface area contributed by atoms with Gasteiger partial charge in [0.15, 0.2) is 0 Å². The first-order valence-electron chi connectivity index (χ1n) is 21.5. The van der Waals surface area contributed by atoms with Gasteiger partial charge in [-0.2, -0.15) is 0 Å². The van der Waals surface area contributed by atoms with E-state index < -0.39 is 0 Å². The SMILES string of the molecule is CC.CC.CC.CC1(C)c2cc(N(c3cccc4ccccc34)c3cccc4ccccc34)ccc2-c2ccc(-n3c4ccccc4c4cc5ccccc5cc43)cc21. The molecule has 0 saturated heterocycles. The summed E-state index contributed by atoms with van der Waals surface area (Å²) >= 11 is 0. The largest absolute Gasteiger partial charge is 0.309 e. The number of hydrogen-bond acceptors (Lipinski definition) is 1. The van der Waals surface area contributed by atoms with E-state index in [1.54, 1.807) is 0 Å². The Bertz CT molecular complexity index is 3020. The molecule has 0 spiro atoms. The third-order valence-corrected chi connectivity index (χ3v) is 11.7. The monoisotopic (exact) mass is 766 g/mol. The van der Waals surface area contributed by atoms with E-state index in [1.165, 1.54) is 93.4 Å². The lowest BCUT2D eigenvalue weighted by molar-refractivity contribution is 0.660. The average molecular weight is 767 g/mol. The molecule has 0 radical (unpaired) electrons. The van der Waals surface area contributed by atoms with Crippen molar-refractivity contribution in [1.29, 1.82) is 0 Å². The van der Waals surface area contributed by atoms with E-state index >= 15 is 0 Å². The predicted molar refractivity (Wildman–Crippen MR) is 260 cm³/mol. The Morgan fingerprint density at radius 3 is 1.46 bits per heavy atom. The molecule has 1 aliphatic rings. The highest BCUT2D eigenvalue weighted by atomic mass is 15.1. The van der Waals surface area contributed by atoms with Gasteiger partial charge in [-0.1, -0.05) is 183 Å². The smallest absolute Gasteiger partial charge is 0.0547 e. The van der Waals surface area contributed by atoms with Gasteiger partial charge in [-0.3, -0.25) is 0 Å². The van der Waals surface area contributed by atoms with Crippen LogP contribution in [0.25, 0.3) is 70.9 Å². The lowest BCUT2D eigenvalue weighted by Crippen LogP contribution is -2.17. The number of nitrogens with zero attached hydrogens (tertiary/aromatic N) is 2. The topological polar surface area (TPSA) is 8.17 Å². The second kappa shape index (κ2) is 16.3. The number of benzene rings is 9. The highest BCUT2D eigenvalue weighted by Gasteiger charge is 2.37. The maximum absolute atomic E-state index is 2.47. The summed E-state index contributed by atoms with van der Waals surface area (Å²) < 4.78 is 2.46. The van der Waals surface area contributed by atoms with Gasteiger partial charge in [0.1, 0.15) is 0 Å². The van der Waals surface area contributed by atoms with E-state index in [2.05, 4.69) is 205 Å². The summed E-state index contributed by atoms with van der Waals surface area (Å²) in [5.41, 5.74) is 12.3. The molecule has 0 saturated carbocycles. The molecule has 0 atom stereocenters. The molecule has 292 valence electrons. The Kier molecular flexibility index (Phi) is 10.8. The molecule has 0 bridgehead atoms. The Labute approximate surface area is 350 Å². The van der Waals surface area contributed by atoms with Crippen LogP contribution in [0.3, 0.4) is 0 Å². The van der Waals surface area contributed by atoms with Gasteiger partial charge >= 0.3 is 0 Å². The quantitative estimate of drug-likeness (QED) is 0.173. The minimum absolute atomic E-state index is 0.217. The number of hydrogen-bond donors (Lipinski definition) is 0. The maximum atomic E-state index is 2.47. The molecule has 11 rings (SSSR count). The normalized spacial score (nSPS) is 12.2. The zero-order valence-corrected chi connectivity index (χ0v) is 35.7. The van der Waals surface area contributed by atoms with Crippen molar-refractivity contribution in [1.82, 2.24) is 4.57 Å². The average Bonchev–Trinajstić information content (AvgIpc) is 3.74. The third-order valence-electron chi connectivity index (χ3n) is 11.7. The van der Waals surface area contributed by atoms with Crippen molar-refractivity contribution < 1.29 is 0 Å².